The number of nitrogens with one attached hydrogen (secondary N) is 1. The molecule has 1 amide bonds. The Morgan fingerprint density at radius 3 is 2.74 bits per heavy atom. The lowest BCUT2D eigenvalue weighted by Gasteiger charge is -2.24. The Labute approximate surface area is 135 Å². The van der Waals surface area contributed by atoms with Gasteiger partial charge in [0.1, 0.15) is 0 Å². The van der Waals surface area contributed by atoms with Crippen LogP contribution in [-0.2, 0) is 6.42 Å². The van der Waals surface area contributed by atoms with Gasteiger partial charge in [-0.2, -0.15) is 0 Å². The van der Waals surface area contributed by atoms with Crippen molar-refractivity contribution in [1.29, 1.82) is 0 Å². The molecule has 1 atom stereocenters. The average molecular weight is 304 g/mol. The van der Waals surface area contributed by atoms with Crippen molar-refractivity contribution in [2.75, 3.05) is 6.54 Å². The fourth-order valence-corrected chi connectivity index (χ4v) is 3.62. The van der Waals surface area contributed by atoms with Gasteiger partial charge < -0.3 is 9.88 Å². The van der Waals surface area contributed by atoms with Crippen molar-refractivity contribution < 1.29 is 4.79 Å². The van der Waals surface area contributed by atoms with Gasteiger partial charge in [0, 0.05) is 35.2 Å². The van der Waals surface area contributed by atoms with E-state index in [1.807, 2.05) is 36.4 Å². The second-order valence-corrected chi connectivity index (χ2v) is 6.22. The number of carbonyl (C=O) groups excluding carboxylic acids is 1. The van der Waals surface area contributed by atoms with Gasteiger partial charge in [-0.1, -0.05) is 36.4 Å². The van der Waals surface area contributed by atoms with Crippen LogP contribution in [0, 0.1) is 0 Å². The van der Waals surface area contributed by atoms with Gasteiger partial charge in [-0.15, -0.1) is 0 Å². The van der Waals surface area contributed by atoms with E-state index in [0.717, 1.165) is 31.4 Å². The SMILES string of the molecule is O=C(c1ccccc1)N1CCCC1Cc1c[nH]c2ccccc12. The Hall–Kier alpha value is -2.55. The van der Waals surface area contributed by atoms with Crippen molar-refractivity contribution in [3.63, 3.8) is 0 Å². The third-order valence-corrected chi connectivity index (χ3v) is 4.79. The van der Waals surface area contributed by atoms with Crippen LogP contribution in [0.2, 0.25) is 0 Å². The molecule has 2 heterocycles. The molecule has 2 aromatic carbocycles. The number of hydrogen-bond donors (Lipinski definition) is 1. The van der Waals surface area contributed by atoms with Crippen molar-refractivity contribution >= 4 is 16.8 Å². The number of nitrogens with zero attached hydrogens (tertiary/aromatic N) is 1. The first-order chi connectivity index (χ1) is 11.3. The molecule has 3 aromatic rings. The Morgan fingerprint density at radius 2 is 1.87 bits per heavy atom. The molecule has 0 spiro atoms. The maximum absolute atomic E-state index is 12.8. The highest BCUT2D eigenvalue weighted by Crippen LogP contribution is 2.26. The molecule has 1 aromatic heterocycles. The molecule has 23 heavy (non-hydrogen) atoms. The third-order valence-electron chi connectivity index (χ3n) is 4.79. The molecule has 4 rings (SSSR count). The number of benzene rings is 2. The molecule has 1 aliphatic heterocycles. The first kappa shape index (κ1) is 14.1. The number of carbonyl (C=O) groups is 1. The summed E-state index contributed by atoms with van der Waals surface area (Å²) in [6.45, 7) is 0.862. The van der Waals surface area contributed by atoms with Crippen LogP contribution in [0.4, 0.5) is 0 Å². The van der Waals surface area contributed by atoms with Gasteiger partial charge in [0.25, 0.3) is 5.91 Å². The lowest BCUT2D eigenvalue weighted by molar-refractivity contribution is 0.0736. The smallest absolute Gasteiger partial charge is 0.254 e. The van der Waals surface area contributed by atoms with E-state index in [1.165, 1.54) is 16.5 Å². The maximum Gasteiger partial charge on any atom is 0.254 e. The zero-order valence-electron chi connectivity index (χ0n) is 13.0. The number of amides is 1. The molecule has 116 valence electrons. The van der Waals surface area contributed by atoms with Crippen LogP contribution in [0.15, 0.2) is 60.8 Å². The minimum Gasteiger partial charge on any atom is -0.361 e. The summed E-state index contributed by atoms with van der Waals surface area (Å²) in [6.07, 6.45) is 5.18. The van der Waals surface area contributed by atoms with Gasteiger partial charge in [0.05, 0.1) is 0 Å². The molecule has 0 bridgehead atoms. The van der Waals surface area contributed by atoms with Gasteiger partial charge in [-0.05, 0) is 43.0 Å². The summed E-state index contributed by atoms with van der Waals surface area (Å²) in [5.74, 6) is 0.160. The maximum atomic E-state index is 12.8. The van der Waals surface area contributed by atoms with Gasteiger partial charge in [0.2, 0.25) is 0 Å². The third kappa shape index (κ3) is 2.63. The van der Waals surface area contributed by atoms with Crippen LogP contribution in [0.3, 0.4) is 0 Å². The summed E-state index contributed by atoms with van der Waals surface area (Å²) in [5, 5.41) is 1.27. The summed E-state index contributed by atoms with van der Waals surface area (Å²) in [7, 11) is 0. The number of para-hydroxylation sites is 1. The highest BCUT2D eigenvalue weighted by molar-refractivity contribution is 5.94. The molecular formula is C20H20N2O. The Balaban J connectivity index is 1.57. The standard InChI is InChI=1S/C20H20N2O/c23-20(15-7-2-1-3-8-15)22-12-6-9-17(22)13-16-14-21-19-11-5-4-10-18(16)19/h1-5,7-8,10-11,14,17,21H,6,9,12-13H2. The number of hydrogen-bond acceptors (Lipinski definition) is 1. The van der Waals surface area contributed by atoms with Gasteiger partial charge in [-0.3, -0.25) is 4.79 Å². The monoisotopic (exact) mass is 304 g/mol. The van der Waals surface area contributed by atoms with Crippen molar-refractivity contribution in [2.24, 2.45) is 0 Å². The van der Waals surface area contributed by atoms with Gasteiger partial charge in [-0.25, -0.2) is 0 Å². The lowest BCUT2D eigenvalue weighted by Crippen LogP contribution is -2.36. The van der Waals surface area contributed by atoms with E-state index in [-0.39, 0.29) is 5.91 Å². The van der Waals surface area contributed by atoms with Crippen LogP contribution < -0.4 is 0 Å². The molecule has 3 heteroatoms. The van der Waals surface area contributed by atoms with E-state index in [2.05, 4.69) is 34.3 Å². The van der Waals surface area contributed by atoms with Crippen molar-refractivity contribution in [2.45, 2.75) is 25.3 Å². The Morgan fingerprint density at radius 1 is 1.09 bits per heavy atom. The predicted molar refractivity (Wildman–Crippen MR) is 92.5 cm³/mol. The van der Waals surface area contributed by atoms with Gasteiger partial charge >= 0.3 is 0 Å². The summed E-state index contributed by atoms with van der Waals surface area (Å²) < 4.78 is 0. The average Bonchev–Trinajstić information content (AvgIpc) is 3.23. The summed E-state index contributed by atoms with van der Waals surface area (Å²) in [5.41, 5.74) is 3.26. The van der Waals surface area contributed by atoms with Crippen LogP contribution in [0.5, 0.6) is 0 Å². The second-order valence-electron chi connectivity index (χ2n) is 6.22. The zero-order valence-corrected chi connectivity index (χ0v) is 13.0. The van der Waals surface area contributed by atoms with E-state index in [9.17, 15) is 4.79 Å². The molecule has 1 unspecified atom stereocenters. The first-order valence-electron chi connectivity index (χ1n) is 8.24. The fourth-order valence-electron chi connectivity index (χ4n) is 3.62. The topological polar surface area (TPSA) is 36.1 Å². The van der Waals surface area contributed by atoms with E-state index < -0.39 is 0 Å². The van der Waals surface area contributed by atoms with E-state index in [1.54, 1.807) is 0 Å². The molecule has 1 fully saturated rings. The van der Waals surface area contributed by atoms with Crippen molar-refractivity contribution in [3.8, 4) is 0 Å². The van der Waals surface area contributed by atoms with Crippen molar-refractivity contribution in [3.05, 3.63) is 71.9 Å². The second kappa shape index (κ2) is 5.92. The number of rotatable bonds is 3. The van der Waals surface area contributed by atoms with Crippen LogP contribution in [-0.4, -0.2) is 28.4 Å². The zero-order chi connectivity index (χ0) is 15.6. The lowest BCUT2D eigenvalue weighted by atomic mass is 10.0. The molecule has 1 aliphatic rings. The molecular weight excluding hydrogens is 284 g/mol. The van der Waals surface area contributed by atoms with Crippen LogP contribution in [0.25, 0.3) is 10.9 Å². The molecule has 3 nitrogen and oxygen atoms in total. The van der Waals surface area contributed by atoms with E-state index >= 15 is 0 Å². The molecule has 0 saturated carbocycles. The fraction of sp³-hybridized carbons (Fsp3) is 0.250. The number of likely N-dealkylation sites (tertiary alicyclic amines) is 1. The summed E-state index contributed by atoms with van der Waals surface area (Å²) in [4.78, 5) is 18.2. The van der Waals surface area contributed by atoms with Gasteiger partial charge in [0.15, 0.2) is 0 Å². The summed E-state index contributed by atoms with van der Waals surface area (Å²) in [6, 6.07) is 18.3. The number of fused-ring (bicyclic) bond motifs is 1. The number of aromatic nitrogens is 1. The van der Waals surface area contributed by atoms with Crippen molar-refractivity contribution in [1.82, 2.24) is 9.88 Å². The number of aromatic amines is 1. The number of H-pyrrole nitrogens is 1. The van der Waals surface area contributed by atoms with Crippen LogP contribution >= 0.6 is 0 Å². The Bertz CT molecular complexity index is 822. The molecule has 0 radical (unpaired) electrons. The van der Waals surface area contributed by atoms with Crippen LogP contribution in [0.1, 0.15) is 28.8 Å². The quantitative estimate of drug-likeness (QED) is 0.779. The normalized spacial score (nSPS) is 17.7. The molecule has 0 aliphatic carbocycles. The largest absolute Gasteiger partial charge is 0.361 e. The molecule has 1 saturated heterocycles. The molecule has 1 N–H and O–H groups in total. The summed E-state index contributed by atoms with van der Waals surface area (Å²) >= 11 is 0. The first-order valence-corrected chi connectivity index (χ1v) is 8.24. The minimum atomic E-state index is 0.160. The predicted octanol–water partition coefficient (Wildman–Crippen LogP) is 4.02. The highest BCUT2D eigenvalue weighted by Gasteiger charge is 2.29. The Kier molecular flexibility index (Phi) is 3.62. The van der Waals surface area contributed by atoms with E-state index in [0.29, 0.717) is 6.04 Å². The minimum absolute atomic E-state index is 0.160. The highest BCUT2D eigenvalue weighted by atomic mass is 16.2. The van der Waals surface area contributed by atoms with E-state index in [4.69, 9.17) is 0 Å².